The summed E-state index contributed by atoms with van der Waals surface area (Å²) in [5.74, 6) is -1.12. The lowest BCUT2D eigenvalue weighted by molar-refractivity contribution is -0.389. The van der Waals surface area contributed by atoms with Gasteiger partial charge < -0.3 is 15.2 Å². The summed E-state index contributed by atoms with van der Waals surface area (Å²) in [6.45, 7) is 4.43. The molecule has 82 valence electrons. The molecule has 15 heavy (non-hydrogen) atoms. The molecule has 1 rings (SSSR count). The Balaban J connectivity index is 3.27. The van der Waals surface area contributed by atoms with Crippen LogP contribution in [0.25, 0.3) is 0 Å². The molecular weight excluding hydrogens is 202 g/mol. The number of rotatable bonds is 3. The van der Waals surface area contributed by atoms with Crippen molar-refractivity contribution in [3.8, 4) is 0 Å². The number of carbonyl (C=O) groups is 1. The van der Waals surface area contributed by atoms with E-state index in [0.29, 0.717) is 5.82 Å². The molecule has 0 aliphatic heterocycles. The molecule has 7 heteroatoms. The van der Waals surface area contributed by atoms with Crippen LogP contribution in [0.5, 0.6) is 0 Å². The second kappa shape index (κ2) is 3.34. The molecular formula is C8H11N3O4. The van der Waals surface area contributed by atoms with E-state index in [2.05, 4.69) is 4.98 Å². The zero-order chi connectivity index (χ0) is 11.8. The zero-order valence-corrected chi connectivity index (χ0v) is 8.59. The predicted molar refractivity (Wildman–Crippen MR) is 50.6 cm³/mol. The summed E-state index contributed by atoms with van der Waals surface area (Å²) in [4.78, 5) is 24.4. The number of hydrogen-bond donors (Lipinski definition) is 1. The van der Waals surface area contributed by atoms with Gasteiger partial charge in [0.25, 0.3) is 0 Å². The van der Waals surface area contributed by atoms with Crippen molar-refractivity contribution < 1.29 is 14.8 Å². The molecule has 0 amide bonds. The molecule has 1 aromatic heterocycles. The Hall–Kier alpha value is -1.92. The van der Waals surface area contributed by atoms with Crippen LogP contribution >= 0.6 is 0 Å². The van der Waals surface area contributed by atoms with Crippen molar-refractivity contribution in [2.24, 2.45) is 0 Å². The number of hydrogen-bond acceptors (Lipinski definition) is 4. The van der Waals surface area contributed by atoms with E-state index in [4.69, 9.17) is 5.11 Å². The topological polar surface area (TPSA) is 98.3 Å². The lowest BCUT2D eigenvalue weighted by atomic mass is 10.1. The number of carboxylic acids is 1. The first-order chi connectivity index (χ1) is 6.76. The molecule has 1 aromatic rings. The average molecular weight is 213 g/mol. The lowest BCUT2D eigenvalue weighted by Crippen LogP contribution is -2.35. The fourth-order valence-electron chi connectivity index (χ4n) is 1.21. The van der Waals surface area contributed by atoms with Crippen molar-refractivity contribution in [1.82, 2.24) is 9.55 Å². The van der Waals surface area contributed by atoms with Gasteiger partial charge >= 0.3 is 11.8 Å². The van der Waals surface area contributed by atoms with Gasteiger partial charge in [0.15, 0.2) is 0 Å². The second-order valence-corrected chi connectivity index (χ2v) is 3.64. The third-order valence-electron chi connectivity index (χ3n) is 2.18. The Morgan fingerprint density at radius 2 is 2.20 bits per heavy atom. The maximum Gasteiger partial charge on any atom is 0.381 e. The number of aliphatic carboxylic acids is 1. The van der Waals surface area contributed by atoms with Crippen LogP contribution in [-0.2, 0) is 10.3 Å². The highest BCUT2D eigenvalue weighted by atomic mass is 16.6. The number of carboxylic acid groups (broad SMARTS) is 1. The normalized spacial score (nSPS) is 11.4. The summed E-state index contributed by atoms with van der Waals surface area (Å²) in [6, 6.07) is 0. The third-order valence-corrected chi connectivity index (χ3v) is 2.18. The summed E-state index contributed by atoms with van der Waals surface area (Å²) in [5, 5.41) is 19.4. The lowest BCUT2D eigenvalue weighted by Gasteiger charge is -2.20. The van der Waals surface area contributed by atoms with Crippen molar-refractivity contribution in [1.29, 1.82) is 0 Å². The highest BCUT2D eigenvalue weighted by Gasteiger charge is 2.33. The molecule has 0 radical (unpaired) electrons. The van der Waals surface area contributed by atoms with Crippen molar-refractivity contribution in [3.63, 3.8) is 0 Å². The maximum atomic E-state index is 10.9. The van der Waals surface area contributed by atoms with E-state index in [9.17, 15) is 14.9 Å². The molecule has 1 heterocycles. The molecule has 0 aliphatic carbocycles. The number of imidazole rings is 1. The summed E-state index contributed by atoms with van der Waals surface area (Å²) >= 11 is 0. The van der Waals surface area contributed by atoms with Crippen molar-refractivity contribution in [2.75, 3.05) is 0 Å². The van der Waals surface area contributed by atoms with Crippen molar-refractivity contribution in [2.45, 2.75) is 26.3 Å². The van der Waals surface area contributed by atoms with Gasteiger partial charge in [0.2, 0.25) is 5.82 Å². The van der Waals surface area contributed by atoms with Crippen molar-refractivity contribution in [3.05, 3.63) is 22.1 Å². The summed E-state index contributed by atoms with van der Waals surface area (Å²) in [7, 11) is 0. The zero-order valence-electron chi connectivity index (χ0n) is 8.59. The monoisotopic (exact) mass is 213 g/mol. The van der Waals surface area contributed by atoms with Gasteiger partial charge in [-0.05, 0) is 23.8 Å². The largest absolute Gasteiger partial charge is 0.480 e. The summed E-state index contributed by atoms with van der Waals surface area (Å²) in [5.41, 5.74) is -1.24. The number of aromatic nitrogens is 2. The van der Waals surface area contributed by atoms with E-state index in [-0.39, 0.29) is 5.82 Å². The predicted octanol–water partition coefficient (Wildman–Crippen LogP) is 0.919. The molecule has 0 aromatic carbocycles. The van der Waals surface area contributed by atoms with Crippen LogP contribution in [0, 0.1) is 17.0 Å². The van der Waals surface area contributed by atoms with Crippen LogP contribution in [0.4, 0.5) is 5.82 Å². The Bertz CT molecular complexity index is 422. The van der Waals surface area contributed by atoms with Gasteiger partial charge in [0, 0.05) is 6.92 Å². The van der Waals surface area contributed by atoms with E-state index >= 15 is 0 Å². The van der Waals surface area contributed by atoms with Crippen molar-refractivity contribution >= 4 is 11.8 Å². The van der Waals surface area contributed by atoms with Gasteiger partial charge in [-0.2, -0.15) is 0 Å². The second-order valence-electron chi connectivity index (χ2n) is 3.64. The molecule has 0 saturated carbocycles. The van der Waals surface area contributed by atoms with Gasteiger partial charge in [0.1, 0.15) is 11.7 Å². The van der Waals surface area contributed by atoms with E-state index in [1.165, 1.54) is 25.3 Å². The van der Waals surface area contributed by atoms with Crippen LogP contribution < -0.4 is 0 Å². The van der Waals surface area contributed by atoms with Crippen LogP contribution in [0.1, 0.15) is 19.7 Å². The van der Waals surface area contributed by atoms with E-state index in [1.54, 1.807) is 0 Å². The number of nitrogens with zero attached hydrogens (tertiary/aromatic N) is 3. The van der Waals surface area contributed by atoms with Crippen LogP contribution in [0.2, 0.25) is 0 Å². The smallest absolute Gasteiger partial charge is 0.381 e. The van der Waals surface area contributed by atoms with Gasteiger partial charge in [-0.15, -0.1) is 0 Å². The highest BCUT2D eigenvalue weighted by molar-refractivity contribution is 5.75. The van der Waals surface area contributed by atoms with Gasteiger partial charge in [-0.3, -0.25) is 4.57 Å². The Kier molecular flexibility index (Phi) is 2.48. The molecule has 0 spiro atoms. The Morgan fingerprint density at radius 1 is 1.67 bits per heavy atom. The molecule has 0 bridgehead atoms. The maximum absolute atomic E-state index is 10.9. The SMILES string of the molecule is Cc1nc([N+](=O)[O-])cn1C(C)(C)C(=O)O. The summed E-state index contributed by atoms with van der Waals surface area (Å²) < 4.78 is 1.27. The van der Waals surface area contributed by atoms with E-state index in [1.807, 2.05) is 0 Å². The minimum Gasteiger partial charge on any atom is -0.480 e. The minimum absolute atomic E-state index is 0.300. The average Bonchev–Trinajstić information content (AvgIpc) is 2.47. The standard InChI is InChI=1S/C8H11N3O4/c1-5-9-6(11(14)15)4-10(5)8(2,3)7(12)13/h4H,1-3H3,(H,12,13). The quantitative estimate of drug-likeness (QED) is 0.594. The number of nitro groups is 1. The first kappa shape index (κ1) is 11.2. The minimum atomic E-state index is -1.24. The van der Waals surface area contributed by atoms with Gasteiger partial charge in [0.05, 0.1) is 0 Å². The first-order valence-electron chi connectivity index (χ1n) is 4.21. The number of aryl methyl sites for hydroxylation is 1. The van der Waals surface area contributed by atoms with Crippen LogP contribution in [0.15, 0.2) is 6.20 Å². The molecule has 0 saturated heterocycles. The fraction of sp³-hybridized carbons (Fsp3) is 0.500. The van der Waals surface area contributed by atoms with Crippen LogP contribution in [0.3, 0.4) is 0 Å². The highest BCUT2D eigenvalue weighted by Crippen LogP contribution is 2.21. The molecule has 0 fully saturated rings. The Morgan fingerprint density at radius 3 is 2.53 bits per heavy atom. The third kappa shape index (κ3) is 1.80. The summed E-state index contributed by atoms with van der Waals surface area (Å²) in [6.07, 6.45) is 1.13. The molecule has 7 nitrogen and oxygen atoms in total. The van der Waals surface area contributed by atoms with Gasteiger partial charge in [-0.1, -0.05) is 0 Å². The molecule has 0 aliphatic rings. The first-order valence-corrected chi connectivity index (χ1v) is 4.21. The van der Waals surface area contributed by atoms with Crippen LogP contribution in [-0.4, -0.2) is 25.6 Å². The van der Waals surface area contributed by atoms with Gasteiger partial charge in [-0.25, -0.2) is 4.79 Å². The molecule has 1 N–H and O–H groups in total. The van der Waals surface area contributed by atoms with E-state index in [0.717, 1.165) is 6.20 Å². The molecule has 0 unspecified atom stereocenters. The van der Waals surface area contributed by atoms with E-state index < -0.39 is 16.4 Å². The molecule has 0 atom stereocenters. The fourth-order valence-corrected chi connectivity index (χ4v) is 1.21. The Labute approximate surface area is 85.5 Å².